The minimum atomic E-state index is -0.205. The Kier molecular flexibility index (Phi) is 8.14. The number of aliphatic hydroxyl groups excluding tert-OH is 2. The lowest BCUT2D eigenvalue weighted by atomic mass is 9.81. The lowest BCUT2D eigenvalue weighted by Crippen LogP contribution is -2.29. The molecule has 1 aliphatic rings. The van der Waals surface area contributed by atoms with Crippen LogP contribution in [0.4, 0.5) is 0 Å². The Morgan fingerprint density at radius 2 is 1.36 bits per heavy atom. The van der Waals surface area contributed by atoms with Crippen LogP contribution in [-0.4, -0.2) is 36.6 Å². The third-order valence-corrected chi connectivity index (χ3v) is 2.44. The minimum Gasteiger partial charge on any atom is -0.396 e. The average Bonchev–Trinajstić information content (AvgIpc) is 3.04. The van der Waals surface area contributed by atoms with Gasteiger partial charge in [0, 0.05) is 5.41 Å². The fourth-order valence-corrected chi connectivity index (χ4v) is 1.55. The van der Waals surface area contributed by atoms with Crippen LogP contribution in [0.5, 0.6) is 0 Å². The molecule has 0 bridgehead atoms. The van der Waals surface area contributed by atoms with Crippen molar-refractivity contribution in [2.75, 3.05) is 26.4 Å². The molecule has 1 rings (SSSR count). The highest BCUT2D eigenvalue weighted by Gasteiger charge is 2.26. The zero-order valence-corrected chi connectivity index (χ0v) is 9.46. The van der Waals surface area contributed by atoms with Crippen LogP contribution in [0.15, 0.2) is 0 Å². The number of aliphatic hydroxyl groups is 2. The van der Waals surface area contributed by atoms with Crippen LogP contribution in [0.3, 0.4) is 0 Å². The van der Waals surface area contributed by atoms with Crippen molar-refractivity contribution in [2.24, 2.45) is 5.41 Å². The molecule has 14 heavy (non-hydrogen) atoms. The summed E-state index contributed by atoms with van der Waals surface area (Å²) >= 11 is 0. The second kappa shape index (κ2) is 8.21. The summed E-state index contributed by atoms with van der Waals surface area (Å²) in [7, 11) is 0. The van der Waals surface area contributed by atoms with Crippen molar-refractivity contribution in [1.29, 1.82) is 0 Å². The van der Waals surface area contributed by atoms with Crippen molar-refractivity contribution in [1.82, 2.24) is 0 Å². The highest BCUT2D eigenvalue weighted by molar-refractivity contribution is 4.76. The molecule has 3 heteroatoms. The van der Waals surface area contributed by atoms with E-state index in [9.17, 15) is 0 Å². The normalized spacial score (nSPS) is 14.6. The molecule has 1 saturated heterocycles. The maximum atomic E-state index is 9.08. The van der Waals surface area contributed by atoms with E-state index in [-0.39, 0.29) is 18.6 Å². The molecule has 1 fully saturated rings. The Morgan fingerprint density at radius 1 is 1.00 bits per heavy atom. The molecule has 0 aliphatic carbocycles. The Labute approximate surface area is 87.1 Å². The van der Waals surface area contributed by atoms with E-state index >= 15 is 0 Å². The zero-order valence-electron chi connectivity index (χ0n) is 9.46. The van der Waals surface area contributed by atoms with Crippen LogP contribution in [0.1, 0.15) is 39.5 Å². The van der Waals surface area contributed by atoms with E-state index in [4.69, 9.17) is 10.2 Å². The molecule has 3 nitrogen and oxygen atoms in total. The van der Waals surface area contributed by atoms with Gasteiger partial charge in [0.1, 0.15) is 0 Å². The minimum absolute atomic E-state index is 0.116. The van der Waals surface area contributed by atoms with Crippen molar-refractivity contribution in [3.63, 3.8) is 0 Å². The van der Waals surface area contributed by atoms with Gasteiger partial charge in [0.2, 0.25) is 0 Å². The third kappa shape index (κ3) is 6.35. The van der Waals surface area contributed by atoms with Crippen LogP contribution in [-0.2, 0) is 4.74 Å². The number of epoxide rings is 1. The van der Waals surface area contributed by atoms with E-state index < -0.39 is 0 Å². The van der Waals surface area contributed by atoms with Crippen molar-refractivity contribution in [2.45, 2.75) is 39.5 Å². The topological polar surface area (TPSA) is 53.0 Å². The summed E-state index contributed by atoms with van der Waals surface area (Å²) in [6.07, 6.45) is 3.91. The third-order valence-electron chi connectivity index (χ3n) is 2.44. The summed E-state index contributed by atoms with van der Waals surface area (Å²) in [5.41, 5.74) is -0.205. The average molecular weight is 204 g/mol. The van der Waals surface area contributed by atoms with E-state index in [0.717, 1.165) is 38.9 Å². The van der Waals surface area contributed by atoms with Crippen molar-refractivity contribution < 1.29 is 14.9 Å². The molecule has 0 aromatic heterocycles. The lowest BCUT2D eigenvalue weighted by Gasteiger charge is -2.28. The first-order valence-electron chi connectivity index (χ1n) is 5.54. The van der Waals surface area contributed by atoms with Crippen LogP contribution in [0, 0.1) is 5.41 Å². The Balaban J connectivity index is 0.000000469. The standard InChI is InChI=1S/C9H20O2.C2H4O/c1-3-5-9(7-10,8-11)6-4-2;1-2-3-1/h10-11H,3-8H2,1-2H3;1-2H2. The maximum Gasteiger partial charge on any atom is 0.0701 e. The van der Waals surface area contributed by atoms with Gasteiger partial charge in [-0.1, -0.05) is 26.7 Å². The molecule has 0 radical (unpaired) electrons. The molecule has 0 spiro atoms. The summed E-state index contributed by atoms with van der Waals surface area (Å²) in [5, 5.41) is 18.2. The molecule has 0 aromatic carbocycles. The maximum absolute atomic E-state index is 9.08. The number of ether oxygens (including phenoxy) is 1. The summed E-state index contributed by atoms with van der Waals surface area (Å²) in [4.78, 5) is 0. The quantitative estimate of drug-likeness (QED) is 0.646. The summed E-state index contributed by atoms with van der Waals surface area (Å²) in [6.45, 7) is 6.39. The van der Waals surface area contributed by atoms with Crippen LogP contribution >= 0.6 is 0 Å². The monoisotopic (exact) mass is 204 g/mol. The second-order valence-electron chi connectivity index (χ2n) is 3.93. The Hall–Kier alpha value is -0.120. The SMILES string of the molecule is C1CO1.CCCC(CO)(CO)CCC. The second-order valence-corrected chi connectivity index (χ2v) is 3.93. The highest BCUT2D eigenvalue weighted by atomic mass is 16.6. The molecular formula is C11H24O3. The molecular weight excluding hydrogens is 180 g/mol. The zero-order chi connectivity index (χ0) is 10.9. The van der Waals surface area contributed by atoms with E-state index in [1.165, 1.54) is 0 Å². The van der Waals surface area contributed by atoms with Crippen molar-refractivity contribution in [3.8, 4) is 0 Å². The predicted octanol–water partition coefficient (Wildman–Crippen LogP) is 1.57. The molecule has 1 heterocycles. The lowest BCUT2D eigenvalue weighted by molar-refractivity contribution is 0.0385. The van der Waals surface area contributed by atoms with Gasteiger partial charge in [-0.2, -0.15) is 0 Å². The Morgan fingerprint density at radius 3 is 1.50 bits per heavy atom. The van der Waals surface area contributed by atoms with Crippen molar-refractivity contribution in [3.05, 3.63) is 0 Å². The number of hydrogen-bond donors (Lipinski definition) is 2. The van der Waals surface area contributed by atoms with Gasteiger partial charge in [-0.05, 0) is 12.8 Å². The number of hydrogen-bond acceptors (Lipinski definition) is 3. The van der Waals surface area contributed by atoms with Crippen molar-refractivity contribution >= 4 is 0 Å². The van der Waals surface area contributed by atoms with Gasteiger partial charge in [-0.25, -0.2) is 0 Å². The molecule has 2 N–H and O–H groups in total. The Bertz CT molecular complexity index is 109. The van der Waals surface area contributed by atoms with E-state index in [2.05, 4.69) is 18.6 Å². The fourth-order valence-electron chi connectivity index (χ4n) is 1.55. The van der Waals surface area contributed by atoms with Gasteiger partial charge in [0.05, 0.1) is 26.4 Å². The summed E-state index contributed by atoms with van der Waals surface area (Å²) in [5.74, 6) is 0. The molecule has 0 aromatic rings. The van der Waals surface area contributed by atoms with Crippen LogP contribution in [0.2, 0.25) is 0 Å². The van der Waals surface area contributed by atoms with Gasteiger partial charge >= 0.3 is 0 Å². The fraction of sp³-hybridized carbons (Fsp3) is 1.00. The van der Waals surface area contributed by atoms with E-state index in [1.54, 1.807) is 0 Å². The number of rotatable bonds is 6. The summed E-state index contributed by atoms with van der Waals surface area (Å²) < 4.78 is 4.50. The highest BCUT2D eigenvalue weighted by Crippen LogP contribution is 2.28. The smallest absolute Gasteiger partial charge is 0.0701 e. The van der Waals surface area contributed by atoms with Crippen LogP contribution < -0.4 is 0 Å². The predicted molar refractivity (Wildman–Crippen MR) is 57.2 cm³/mol. The van der Waals surface area contributed by atoms with Gasteiger partial charge in [-0.15, -0.1) is 0 Å². The molecule has 0 amide bonds. The summed E-state index contributed by atoms with van der Waals surface area (Å²) in [6, 6.07) is 0. The molecule has 86 valence electrons. The van der Waals surface area contributed by atoms with E-state index in [0.29, 0.717) is 0 Å². The van der Waals surface area contributed by atoms with Gasteiger partial charge in [-0.3, -0.25) is 0 Å². The first-order chi connectivity index (χ1) is 6.74. The van der Waals surface area contributed by atoms with Gasteiger partial charge in [0.25, 0.3) is 0 Å². The molecule has 0 saturated carbocycles. The molecule has 0 unspecified atom stereocenters. The first-order valence-corrected chi connectivity index (χ1v) is 5.54. The van der Waals surface area contributed by atoms with Gasteiger partial charge < -0.3 is 14.9 Å². The first kappa shape index (κ1) is 13.9. The largest absolute Gasteiger partial charge is 0.396 e. The molecule has 0 atom stereocenters. The van der Waals surface area contributed by atoms with Gasteiger partial charge in [0.15, 0.2) is 0 Å². The molecule has 1 aliphatic heterocycles. The van der Waals surface area contributed by atoms with E-state index in [1.807, 2.05) is 0 Å². The van der Waals surface area contributed by atoms with Crippen LogP contribution in [0.25, 0.3) is 0 Å².